The number of alkyl halides is 3. The first-order valence-corrected chi connectivity index (χ1v) is 7.90. The van der Waals surface area contributed by atoms with Gasteiger partial charge in [0.05, 0.1) is 5.56 Å². The van der Waals surface area contributed by atoms with E-state index in [1.54, 1.807) is 4.72 Å². The van der Waals surface area contributed by atoms with Crippen molar-refractivity contribution in [1.29, 1.82) is 0 Å². The highest BCUT2D eigenvalue weighted by Gasteiger charge is 2.31. The summed E-state index contributed by atoms with van der Waals surface area (Å²) in [6.45, 7) is -0.829. The van der Waals surface area contributed by atoms with Crippen LogP contribution in [0.3, 0.4) is 0 Å². The molecule has 0 saturated heterocycles. The van der Waals surface area contributed by atoms with Gasteiger partial charge in [-0.25, -0.2) is 30.7 Å². The van der Waals surface area contributed by atoms with E-state index < -0.39 is 62.0 Å². The molecule has 2 aromatic carbocycles. The standard InChI is InChI=1S/C14H8F7NO2S/c15-9-3-4-11(13(18)12(9)17)25(23,24)22-6-7-1-2-8(5-10(7)16)14(19,20)21/h1-5,22H,6H2. The third-order valence-electron chi connectivity index (χ3n) is 3.12. The molecule has 2 rings (SSSR count). The molecule has 0 radical (unpaired) electrons. The summed E-state index contributed by atoms with van der Waals surface area (Å²) in [5.74, 6) is -6.93. The molecule has 0 heterocycles. The van der Waals surface area contributed by atoms with Crippen molar-refractivity contribution < 1.29 is 39.2 Å². The van der Waals surface area contributed by atoms with Crippen LogP contribution in [0.2, 0.25) is 0 Å². The predicted octanol–water partition coefficient (Wildman–Crippen LogP) is 3.74. The molecule has 0 aliphatic heterocycles. The molecule has 11 heteroatoms. The summed E-state index contributed by atoms with van der Waals surface area (Å²) < 4.78 is 116. The maximum absolute atomic E-state index is 13.6. The van der Waals surface area contributed by atoms with Gasteiger partial charge in [0.15, 0.2) is 17.5 Å². The van der Waals surface area contributed by atoms with Crippen molar-refractivity contribution >= 4 is 10.0 Å². The molecule has 0 atom stereocenters. The van der Waals surface area contributed by atoms with Gasteiger partial charge in [-0.15, -0.1) is 0 Å². The van der Waals surface area contributed by atoms with Crippen LogP contribution in [-0.2, 0) is 22.7 Å². The van der Waals surface area contributed by atoms with Crippen LogP contribution in [0.4, 0.5) is 30.7 Å². The number of hydrogen-bond acceptors (Lipinski definition) is 2. The molecule has 1 N–H and O–H groups in total. The second kappa shape index (κ2) is 6.64. The lowest BCUT2D eigenvalue weighted by Crippen LogP contribution is -2.25. The van der Waals surface area contributed by atoms with E-state index in [4.69, 9.17) is 0 Å². The largest absolute Gasteiger partial charge is 0.416 e. The normalized spacial score (nSPS) is 12.4. The number of halogens is 7. The third-order valence-corrected chi connectivity index (χ3v) is 4.54. The van der Waals surface area contributed by atoms with Gasteiger partial charge in [-0.2, -0.15) is 13.2 Å². The van der Waals surface area contributed by atoms with Crippen LogP contribution in [0.15, 0.2) is 35.2 Å². The first-order chi connectivity index (χ1) is 11.4. The summed E-state index contributed by atoms with van der Waals surface area (Å²) in [7, 11) is -4.70. The summed E-state index contributed by atoms with van der Waals surface area (Å²) in [5, 5.41) is 0. The van der Waals surface area contributed by atoms with Gasteiger partial charge in [-0.1, -0.05) is 6.07 Å². The zero-order valence-corrected chi connectivity index (χ0v) is 12.8. The molecule has 25 heavy (non-hydrogen) atoms. The van der Waals surface area contributed by atoms with Gasteiger partial charge in [-0.05, 0) is 24.3 Å². The quantitative estimate of drug-likeness (QED) is 0.642. The highest BCUT2D eigenvalue weighted by atomic mass is 32.2. The van der Waals surface area contributed by atoms with Crippen molar-refractivity contribution in [2.24, 2.45) is 0 Å². The van der Waals surface area contributed by atoms with Gasteiger partial charge >= 0.3 is 6.18 Å². The minimum atomic E-state index is -4.78. The molecule has 0 unspecified atom stereocenters. The van der Waals surface area contributed by atoms with E-state index in [-0.39, 0.29) is 6.07 Å². The monoisotopic (exact) mass is 387 g/mol. The number of benzene rings is 2. The van der Waals surface area contributed by atoms with Crippen LogP contribution in [0.5, 0.6) is 0 Å². The second-order valence-corrected chi connectivity index (χ2v) is 6.54. The SMILES string of the molecule is O=S(=O)(NCc1ccc(C(F)(F)F)cc1F)c1ccc(F)c(F)c1F. The summed E-state index contributed by atoms with van der Waals surface area (Å²) in [4.78, 5) is -1.22. The number of sulfonamides is 1. The molecule has 0 bridgehead atoms. The summed E-state index contributed by atoms with van der Waals surface area (Å²) in [5.41, 5.74) is -1.73. The predicted molar refractivity (Wildman–Crippen MR) is 71.7 cm³/mol. The fourth-order valence-corrected chi connectivity index (χ4v) is 2.91. The van der Waals surface area contributed by atoms with Gasteiger partial charge in [-0.3, -0.25) is 0 Å². The van der Waals surface area contributed by atoms with Crippen molar-refractivity contribution in [2.75, 3.05) is 0 Å². The number of hydrogen-bond donors (Lipinski definition) is 1. The fourth-order valence-electron chi connectivity index (χ4n) is 1.83. The minimum absolute atomic E-state index is 0.168. The Labute approximate surface area is 137 Å². The average Bonchev–Trinajstić information content (AvgIpc) is 2.50. The highest BCUT2D eigenvalue weighted by Crippen LogP contribution is 2.30. The van der Waals surface area contributed by atoms with E-state index in [9.17, 15) is 39.2 Å². The van der Waals surface area contributed by atoms with Gasteiger partial charge in [0.1, 0.15) is 10.7 Å². The van der Waals surface area contributed by atoms with Crippen molar-refractivity contribution in [1.82, 2.24) is 4.72 Å². The van der Waals surface area contributed by atoms with E-state index in [0.717, 1.165) is 0 Å². The Balaban J connectivity index is 2.25. The maximum Gasteiger partial charge on any atom is 0.416 e. The Bertz CT molecular complexity index is 910. The average molecular weight is 387 g/mol. The van der Waals surface area contributed by atoms with E-state index in [0.29, 0.717) is 24.3 Å². The first kappa shape index (κ1) is 19.2. The Morgan fingerprint density at radius 2 is 1.52 bits per heavy atom. The van der Waals surface area contributed by atoms with Gasteiger partial charge in [0.2, 0.25) is 10.0 Å². The second-order valence-electron chi connectivity index (χ2n) is 4.80. The lowest BCUT2D eigenvalue weighted by Gasteiger charge is -2.11. The van der Waals surface area contributed by atoms with Crippen LogP contribution >= 0.6 is 0 Å². The Hall–Kier alpha value is -2.14. The molecule has 2 aromatic rings. The van der Waals surface area contributed by atoms with E-state index in [1.807, 2.05) is 0 Å². The molecule has 0 aliphatic rings. The zero-order chi connectivity index (χ0) is 19.0. The maximum atomic E-state index is 13.6. The number of rotatable bonds is 4. The molecule has 3 nitrogen and oxygen atoms in total. The highest BCUT2D eigenvalue weighted by molar-refractivity contribution is 7.89. The fraction of sp³-hybridized carbons (Fsp3) is 0.143. The van der Waals surface area contributed by atoms with Crippen LogP contribution in [-0.4, -0.2) is 8.42 Å². The molecule has 0 aliphatic carbocycles. The molecular weight excluding hydrogens is 379 g/mol. The minimum Gasteiger partial charge on any atom is -0.207 e. The lowest BCUT2D eigenvalue weighted by atomic mass is 10.1. The topological polar surface area (TPSA) is 46.2 Å². The van der Waals surface area contributed by atoms with E-state index >= 15 is 0 Å². The molecular formula is C14H8F7NO2S. The molecule has 0 saturated carbocycles. The lowest BCUT2D eigenvalue weighted by molar-refractivity contribution is -0.137. The van der Waals surface area contributed by atoms with Crippen LogP contribution in [0.1, 0.15) is 11.1 Å². The Morgan fingerprint density at radius 1 is 0.880 bits per heavy atom. The third kappa shape index (κ3) is 4.10. The summed E-state index contributed by atoms with van der Waals surface area (Å²) in [6, 6.07) is 2.24. The molecule has 0 amide bonds. The van der Waals surface area contributed by atoms with Crippen LogP contribution < -0.4 is 4.72 Å². The number of nitrogens with one attached hydrogen (secondary N) is 1. The van der Waals surface area contributed by atoms with Crippen LogP contribution in [0.25, 0.3) is 0 Å². The van der Waals surface area contributed by atoms with Crippen molar-refractivity contribution in [3.63, 3.8) is 0 Å². The summed E-state index contributed by atoms with van der Waals surface area (Å²) in [6.07, 6.45) is -4.78. The van der Waals surface area contributed by atoms with Crippen molar-refractivity contribution in [3.8, 4) is 0 Å². The molecule has 0 fully saturated rings. The smallest absolute Gasteiger partial charge is 0.207 e. The van der Waals surface area contributed by atoms with Gasteiger partial charge in [0.25, 0.3) is 0 Å². The van der Waals surface area contributed by atoms with Gasteiger partial charge < -0.3 is 0 Å². The van der Waals surface area contributed by atoms with Gasteiger partial charge in [0, 0.05) is 12.1 Å². The molecule has 136 valence electrons. The first-order valence-electron chi connectivity index (χ1n) is 6.42. The Morgan fingerprint density at radius 3 is 2.08 bits per heavy atom. The Kier molecular flexibility index (Phi) is 5.09. The molecule has 0 aromatic heterocycles. The van der Waals surface area contributed by atoms with E-state index in [1.165, 1.54) is 0 Å². The van der Waals surface area contributed by atoms with Crippen molar-refractivity contribution in [3.05, 3.63) is 64.7 Å². The summed E-state index contributed by atoms with van der Waals surface area (Å²) >= 11 is 0. The molecule has 0 spiro atoms. The van der Waals surface area contributed by atoms with E-state index in [2.05, 4.69) is 0 Å². The van der Waals surface area contributed by atoms with Crippen molar-refractivity contribution in [2.45, 2.75) is 17.6 Å². The van der Waals surface area contributed by atoms with Crippen LogP contribution in [0, 0.1) is 23.3 Å². The zero-order valence-electron chi connectivity index (χ0n) is 12.0.